The Morgan fingerprint density at radius 3 is 2.14 bits per heavy atom. The normalized spacial score (nSPS) is 14.8. The van der Waals surface area contributed by atoms with E-state index in [4.69, 9.17) is 0 Å². The second-order valence-electron chi connectivity index (χ2n) is 8.03. The number of rotatable bonds is 5. The fraction of sp³-hybridized carbons (Fsp3) is 0.250. The zero-order chi connectivity index (χ0) is 25.3. The molecule has 35 heavy (non-hydrogen) atoms. The molecule has 184 valence electrons. The number of carbonyl (C=O) groups excluding carboxylic acids is 1. The van der Waals surface area contributed by atoms with Gasteiger partial charge in [0.1, 0.15) is 0 Å². The number of thioether (sulfide) groups is 1. The van der Waals surface area contributed by atoms with E-state index in [1.54, 1.807) is 6.07 Å². The van der Waals surface area contributed by atoms with Crippen molar-refractivity contribution in [3.63, 3.8) is 0 Å². The predicted octanol–water partition coefficient (Wildman–Crippen LogP) is 6.08. The van der Waals surface area contributed by atoms with Gasteiger partial charge in [-0.3, -0.25) is 9.69 Å². The molecule has 1 aromatic heterocycles. The molecule has 3 aromatic rings. The lowest BCUT2D eigenvalue weighted by Crippen LogP contribution is -2.31. The Balaban J connectivity index is 1.72. The highest BCUT2D eigenvalue weighted by Crippen LogP contribution is 2.34. The minimum absolute atomic E-state index is 0.114. The second kappa shape index (κ2) is 10.3. The number of pyridine rings is 1. The molecule has 4 nitrogen and oxygen atoms in total. The number of likely N-dealkylation sites (tertiary alicyclic amines) is 1. The highest BCUT2D eigenvalue weighted by molar-refractivity contribution is 7.99. The molecule has 0 saturated carbocycles. The van der Waals surface area contributed by atoms with Crippen LogP contribution < -0.4 is 4.90 Å². The summed E-state index contributed by atoms with van der Waals surface area (Å²) >= 11 is 1.53. The van der Waals surface area contributed by atoms with Crippen molar-refractivity contribution in [3.8, 4) is 0 Å². The Labute approximate surface area is 201 Å². The Kier molecular flexibility index (Phi) is 7.36. The Hall–Kier alpha value is -3.05. The summed E-state index contributed by atoms with van der Waals surface area (Å²) in [4.78, 5) is 20.2. The summed E-state index contributed by atoms with van der Waals surface area (Å²) in [5, 5.41) is 0.933. The van der Waals surface area contributed by atoms with E-state index in [1.165, 1.54) is 24.0 Å². The van der Waals surface area contributed by atoms with Gasteiger partial charge in [0.2, 0.25) is 0 Å². The largest absolute Gasteiger partial charge is 0.306 e. The molecule has 1 aliphatic heterocycles. The molecule has 0 bridgehead atoms. The summed E-state index contributed by atoms with van der Waals surface area (Å²) < 4.78 is 83.7. The maximum absolute atomic E-state index is 14.7. The van der Waals surface area contributed by atoms with Crippen LogP contribution in [0.15, 0.2) is 47.6 Å². The minimum atomic E-state index is -1.90. The number of hydrogen-bond acceptors (Lipinski definition) is 4. The first kappa shape index (κ1) is 25.1. The summed E-state index contributed by atoms with van der Waals surface area (Å²) in [5.74, 6) is -11.6. The number of halogens is 6. The predicted molar refractivity (Wildman–Crippen MR) is 120 cm³/mol. The molecular weight excluding hydrogens is 492 g/mol. The van der Waals surface area contributed by atoms with Crippen LogP contribution >= 0.6 is 11.8 Å². The van der Waals surface area contributed by atoms with E-state index in [0.717, 1.165) is 32.0 Å². The first-order chi connectivity index (χ1) is 16.7. The topological polar surface area (TPSA) is 36.4 Å². The van der Waals surface area contributed by atoms with Crippen LogP contribution in [0.3, 0.4) is 0 Å². The average molecular weight is 511 g/mol. The van der Waals surface area contributed by atoms with Gasteiger partial charge in [-0.15, -0.1) is 11.8 Å². The lowest BCUT2D eigenvalue weighted by atomic mass is 10.1. The fourth-order valence-corrected chi connectivity index (χ4v) is 4.76. The molecule has 1 fully saturated rings. The van der Waals surface area contributed by atoms with Crippen molar-refractivity contribution in [2.45, 2.75) is 23.1 Å². The van der Waals surface area contributed by atoms with Crippen LogP contribution in [-0.4, -0.2) is 41.2 Å². The Morgan fingerprint density at radius 1 is 0.886 bits per heavy atom. The molecule has 2 aromatic carbocycles. The molecule has 2 heterocycles. The maximum atomic E-state index is 14.7. The van der Waals surface area contributed by atoms with Crippen molar-refractivity contribution in [2.75, 3.05) is 25.0 Å². The number of anilines is 2. The number of benzene rings is 2. The van der Waals surface area contributed by atoms with E-state index in [9.17, 15) is 31.1 Å². The zero-order valence-corrected chi connectivity index (χ0v) is 19.2. The van der Waals surface area contributed by atoms with Gasteiger partial charge < -0.3 is 4.90 Å². The SMILES string of the molecule is CN1CCC(Sc2ccc(N(C(=O)c3ccc(F)c(F)c3F)c3ccc(F)c(F)c3F)cn2)CC1. The van der Waals surface area contributed by atoms with Gasteiger partial charge in [0.05, 0.1) is 28.2 Å². The minimum Gasteiger partial charge on any atom is -0.306 e. The molecule has 0 aliphatic carbocycles. The lowest BCUT2D eigenvalue weighted by Gasteiger charge is -2.28. The molecule has 0 radical (unpaired) electrons. The van der Waals surface area contributed by atoms with Gasteiger partial charge in [-0.2, -0.15) is 0 Å². The molecule has 1 amide bonds. The second-order valence-corrected chi connectivity index (χ2v) is 9.35. The number of amides is 1. The van der Waals surface area contributed by atoms with Crippen LogP contribution in [0.25, 0.3) is 0 Å². The molecule has 0 atom stereocenters. The van der Waals surface area contributed by atoms with Gasteiger partial charge in [0.25, 0.3) is 5.91 Å². The Morgan fingerprint density at radius 2 is 1.51 bits per heavy atom. The number of aromatic nitrogens is 1. The van der Waals surface area contributed by atoms with E-state index in [-0.39, 0.29) is 5.69 Å². The van der Waals surface area contributed by atoms with Gasteiger partial charge in [-0.25, -0.2) is 31.3 Å². The molecule has 1 saturated heterocycles. The summed E-state index contributed by atoms with van der Waals surface area (Å²) in [7, 11) is 2.03. The molecule has 0 spiro atoms. The summed E-state index contributed by atoms with van der Waals surface area (Å²) in [6.07, 6.45) is 3.09. The van der Waals surface area contributed by atoms with Gasteiger partial charge in [-0.05, 0) is 69.4 Å². The summed E-state index contributed by atoms with van der Waals surface area (Å²) in [5.41, 5.74) is -1.80. The third kappa shape index (κ3) is 5.15. The van der Waals surface area contributed by atoms with E-state index in [1.807, 2.05) is 7.05 Å². The fourth-order valence-electron chi connectivity index (χ4n) is 3.71. The number of piperidine rings is 1. The summed E-state index contributed by atoms with van der Waals surface area (Å²) in [6.45, 7) is 1.88. The van der Waals surface area contributed by atoms with Crippen molar-refractivity contribution < 1.29 is 31.1 Å². The van der Waals surface area contributed by atoms with Crippen molar-refractivity contribution in [1.29, 1.82) is 0 Å². The van der Waals surface area contributed by atoms with Crippen LogP contribution in [0.2, 0.25) is 0 Å². The van der Waals surface area contributed by atoms with Crippen LogP contribution in [0, 0.1) is 34.9 Å². The first-order valence-corrected chi connectivity index (χ1v) is 11.5. The Bertz CT molecular complexity index is 1250. The van der Waals surface area contributed by atoms with E-state index >= 15 is 0 Å². The highest BCUT2D eigenvalue weighted by Gasteiger charge is 2.29. The molecule has 11 heteroatoms. The standard InChI is InChI=1S/C24H19F6N3OS/c1-32-10-8-14(9-11-32)35-19-7-2-13(12-31-19)33(18-6-5-17(26)22(29)23(18)30)24(34)15-3-4-16(25)21(28)20(15)27/h2-7,12,14H,8-11H2,1H3. The number of carbonyl (C=O) groups is 1. The highest BCUT2D eigenvalue weighted by atomic mass is 32.2. The summed E-state index contributed by atoms with van der Waals surface area (Å²) in [6, 6.07) is 5.51. The number of hydrogen-bond donors (Lipinski definition) is 0. The van der Waals surface area contributed by atoms with E-state index < -0.39 is 52.1 Å². The average Bonchev–Trinajstić information content (AvgIpc) is 2.85. The molecule has 1 aliphatic rings. The smallest absolute Gasteiger partial charge is 0.266 e. The third-order valence-electron chi connectivity index (χ3n) is 5.66. The van der Waals surface area contributed by atoms with Gasteiger partial charge in [0, 0.05) is 5.25 Å². The van der Waals surface area contributed by atoms with Crippen molar-refractivity contribution in [1.82, 2.24) is 9.88 Å². The van der Waals surface area contributed by atoms with Crippen molar-refractivity contribution >= 4 is 29.0 Å². The zero-order valence-electron chi connectivity index (χ0n) is 18.4. The van der Waals surface area contributed by atoms with E-state index in [2.05, 4.69) is 9.88 Å². The molecule has 0 unspecified atom stereocenters. The monoisotopic (exact) mass is 511 g/mol. The van der Waals surface area contributed by atoms with Crippen LogP contribution in [0.1, 0.15) is 23.2 Å². The van der Waals surface area contributed by atoms with Gasteiger partial charge >= 0.3 is 0 Å². The van der Waals surface area contributed by atoms with Crippen molar-refractivity contribution in [3.05, 3.63) is 83.1 Å². The van der Waals surface area contributed by atoms with Crippen molar-refractivity contribution in [2.24, 2.45) is 0 Å². The van der Waals surface area contributed by atoms with Crippen LogP contribution in [0.5, 0.6) is 0 Å². The van der Waals surface area contributed by atoms with Crippen LogP contribution in [-0.2, 0) is 0 Å². The quantitative estimate of drug-likeness (QED) is 0.307. The molecular formula is C24H19F6N3OS. The maximum Gasteiger partial charge on any atom is 0.266 e. The van der Waals surface area contributed by atoms with E-state index in [0.29, 0.717) is 33.4 Å². The van der Waals surface area contributed by atoms with Crippen LogP contribution in [0.4, 0.5) is 37.7 Å². The third-order valence-corrected chi connectivity index (χ3v) is 6.94. The molecule has 0 N–H and O–H groups in total. The first-order valence-electron chi connectivity index (χ1n) is 10.6. The number of nitrogens with zero attached hydrogens (tertiary/aromatic N) is 3. The van der Waals surface area contributed by atoms with Gasteiger partial charge in [-0.1, -0.05) is 0 Å². The molecule has 4 rings (SSSR count). The lowest BCUT2D eigenvalue weighted by molar-refractivity contribution is 0.0993. The van der Waals surface area contributed by atoms with Gasteiger partial charge in [0.15, 0.2) is 34.9 Å².